The molecule has 0 fully saturated rings. The van der Waals surface area contributed by atoms with E-state index in [0.29, 0.717) is 17.2 Å². The molecule has 0 heterocycles. The van der Waals surface area contributed by atoms with Crippen LogP contribution in [0.2, 0.25) is 0 Å². The minimum absolute atomic E-state index is 0.0597. The second-order valence-electron chi connectivity index (χ2n) is 6.54. The SMILES string of the molecule is O=C(O)CC(CC(=O)Nc1ccc(Oc2ccc(F)cc2)cc1)c1ccccc1. The van der Waals surface area contributed by atoms with E-state index in [1.165, 1.54) is 24.3 Å². The molecular formula is C23H20FNO4. The Morgan fingerprint density at radius 1 is 0.862 bits per heavy atom. The lowest BCUT2D eigenvalue weighted by atomic mass is 9.92. The van der Waals surface area contributed by atoms with Crippen molar-refractivity contribution in [2.45, 2.75) is 18.8 Å². The van der Waals surface area contributed by atoms with Gasteiger partial charge in [-0.05, 0) is 54.1 Å². The third-order valence-electron chi connectivity index (χ3n) is 4.31. The van der Waals surface area contributed by atoms with E-state index in [1.54, 1.807) is 24.3 Å². The average molecular weight is 393 g/mol. The van der Waals surface area contributed by atoms with Crippen LogP contribution in [0.3, 0.4) is 0 Å². The maximum atomic E-state index is 12.9. The van der Waals surface area contributed by atoms with E-state index in [1.807, 2.05) is 30.3 Å². The molecule has 1 atom stereocenters. The molecule has 0 aliphatic rings. The molecule has 3 rings (SSSR count). The number of nitrogens with one attached hydrogen (secondary N) is 1. The van der Waals surface area contributed by atoms with Crippen LogP contribution < -0.4 is 10.1 Å². The molecule has 3 aromatic rings. The third-order valence-corrected chi connectivity index (χ3v) is 4.31. The minimum atomic E-state index is -0.950. The summed E-state index contributed by atoms with van der Waals surface area (Å²) < 4.78 is 18.6. The number of carbonyl (C=O) groups is 2. The monoisotopic (exact) mass is 393 g/mol. The Morgan fingerprint density at radius 3 is 2.03 bits per heavy atom. The molecule has 0 aromatic heterocycles. The van der Waals surface area contributed by atoms with Gasteiger partial charge in [0.1, 0.15) is 17.3 Å². The smallest absolute Gasteiger partial charge is 0.303 e. The number of rotatable bonds is 8. The number of ether oxygens (including phenoxy) is 1. The second kappa shape index (κ2) is 9.50. The zero-order chi connectivity index (χ0) is 20.6. The predicted molar refractivity (Wildman–Crippen MR) is 108 cm³/mol. The summed E-state index contributed by atoms with van der Waals surface area (Å²) in [6.07, 6.45) is -0.0635. The van der Waals surface area contributed by atoms with Crippen molar-refractivity contribution in [1.29, 1.82) is 0 Å². The molecule has 0 radical (unpaired) electrons. The largest absolute Gasteiger partial charge is 0.481 e. The number of amides is 1. The maximum absolute atomic E-state index is 12.9. The molecule has 3 aromatic carbocycles. The van der Waals surface area contributed by atoms with Crippen LogP contribution in [0.4, 0.5) is 10.1 Å². The standard InChI is InChI=1S/C23H20FNO4/c24-18-6-10-20(11-7-18)29-21-12-8-19(9-13-21)25-22(26)14-17(15-23(27)28)16-4-2-1-3-5-16/h1-13,17H,14-15H2,(H,25,26)(H,27,28). The number of hydrogen-bond donors (Lipinski definition) is 2. The van der Waals surface area contributed by atoms with E-state index in [9.17, 15) is 14.0 Å². The van der Waals surface area contributed by atoms with Crippen molar-refractivity contribution in [1.82, 2.24) is 0 Å². The van der Waals surface area contributed by atoms with Crippen LogP contribution in [0.1, 0.15) is 24.3 Å². The van der Waals surface area contributed by atoms with E-state index in [2.05, 4.69) is 5.32 Å². The van der Waals surface area contributed by atoms with Crippen molar-refractivity contribution in [2.75, 3.05) is 5.32 Å². The Labute approximate surface area is 167 Å². The fraction of sp³-hybridized carbons (Fsp3) is 0.130. The van der Waals surface area contributed by atoms with Gasteiger partial charge in [0.05, 0.1) is 6.42 Å². The summed E-state index contributed by atoms with van der Waals surface area (Å²) in [5, 5.41) is 11.9. The zero-order valence-corrected chi connectivity index (χ0v) is 15.5. The molecular weight excluding hydrogens is 373 g/mol. The highest BCUT2D eigenvalue weighted by Crippen LogP contribution is 2.26. The van der Waals surface area contributed by atoms with Gasteiger partial charge < -0.3 is 15.2 Å². The van der Waals surface area contributed by atoms with Crippen molar-refractivity contribution in [3.8, 4) is 11.5 Å². The van der Waals surface area contributed by atoms with E-state index < -0.39 is 11.9 Å². The summed E-state index contributed by atoms with van der Waals surface area (Å²) in [5.41, 5.74) is 1.39. The van der Waals surface area contributed by atoms with Gasteiger partial charge in [0.15, 0.2) is 0 Å². The molecule has 29 heavy (non-hydrogen) atoms. The first-order valence-electron chi connectivity index (χ1n) is 9.09. The fourth-order valence-corrected chi connectivity index (χ4v) is 2.92. The topological polar surface area (TPSA) is 75.6 Å². The molecule has 1 amide bonds. The van der Waals surface area contributed by atoms with Gasteiger partial charge in [0.2, 0.25) is 5.91 Å². The fourth-order valence-electron chi connectivity index (χ4n) is 2.92. The predicted octanol–water partition coefficient (Wildman–Crippen LogP) is 5.21. The summed E-state index contributed by atoms with van der Waals surface area (Å²) in [6.45, 7) is 0. The van der Waals surface area contributed by atoms with Crippen LogP contribution in [-0.2, 0) is 9.59 Å². The molecule has 0 bridgehead atoms. The van der Waals surface area contributed by atoms with Gasteiger partial charge in [-0.3, -0.25) is 9.59 Å². The first kappa shape index (κ1) is 20.1. The Balaban J connectivity index is 1.60. The molecule has 2 N–H and O–H groups in total. The highest BCUT2D eigenvalue weighted by molar-refractivity contribution is 5.91. The van der Waals surface area contributed by atoms with E-state index in [4.69, 9.17) is 9.84 Å². The van der Waals surface area contributed by atoms with Crippen LogP contribution >= 0.6 is 0 Å². The number of benzene rings is 3. The van der Waals surface area contributed by atoms with Gasteiger partial charge in [-0.2, -0.15) is 0 Å². The number of anilines is 1. The first-order chi connectivity index (χ1) is 14.0. The summed E-state index contributed by atoms with van der Waals surface area (Å²) in [6, 6.07) is 21.5. The highest BCUT2D eigenvalue weighted by atomic mass is 19.1. The number of halogens is 1. The van der Waals surface area contributed by atoms with E-state index in [0.717, 1.165) is 5.56 Å². The molecule has 0 aliphatic carbocycles. The molecule has 1 unspecified atom stereocenters. The molecule has 0 aliphatic heterocycles. The molecule has 0 spiro atoms. The van der Waals surface area contributed by atoms with Gasteiger partial charge >= 0.3 is 5.97 Å². The number of aliphatic carboxylic acids is 1. The third kappa shape index (κ3) is 6.17. The quantitative estimate of drug-likeness (QED) is 0.551. The summed E-state index contributed by atoms with van der Waals surface area (Å²) in [7, 11) is 0. The van der Waals surface area contributed by atoms with E-state index in [-0.39, 0.29) is 24.6 Å². The van der Waals surface area contributed by atoms with Gasteiger partial charge in [0, 0.05) is 18.0 Å². The lowest BCUT2D eigenvalue weighted by Gasteiger charge is -2.15. The van der Waals surface area contributed by atoms with Gasteiger partial charge in [-0.1, -0.05) is 30.3 Å². The average Bonchev–Trinajstić information content (AvgIpc) is 2.71. The van der Waals surface area contributed by atoms with Crippen LogP contribution in [0.25, 0.3) is 0 Å². The highest BCUT2D eigenvalue weighted by Gasteiger charge is 2.19. The van der Waals surface area contributed by atoms with Gasteiger partial charge in [-0.25, -0.2) is 4.39 Å². The Morgan fingerprint density at radius 2 is 1.45 bits per heavy atom. The lowest BCUT2D eigenvalue weighted by Crippen LogP contribution is -2.17. The Bertz CT molecular complexity index is 956. The molecule has 5 nitrogen and oxygen atoms in total. The van der Waals surface area contributed by atoms with Crippen LogP contribution in [-0.4, -0.2) is 17.0 Å². The van der Waals surface area contributed by atoms with Crippen LogP contribution in [0, 0.1) is 5.82 Å². The molecule has 0 saturated heterocycles. The van der Waals surface area contributed by atoms with Crippen molar-refractivity contribution in [3.63, 3.8) is 0 Å². The lowest BCUT2D eigenvalue weighted by molar-refractivity contribution is -0.137. The molecule has 148 valence electrons. The Hall–Kier alpha value is -3.67. The van der Waals surface area contributed by atoms with Crippen LogP contribution in [0.15, 0.2) is 78.9 Å². The van der Waals surface area contributed by atoms with Crippen molar-refractivity contribution < 1.29 is 23.8 Å². The van der Waals surface area contributed by atoms with Crippen LogP contribution in [0.5, 0.6) is 11.5 Å². The molecule has 6 heteroatoms. The normalized spacial score (nSPS) is 11.5. The van der Waals surface area contributed by atoms with E-state index >= 15 is 0 Å². The summed E-state index contributed by atoms with van der Waals surface area (Å²) >= 11 is 0. The van der Waals surface area contributed by atoms with Gasteiger partial charge in [-0.15, -0.1) is 0 Å². The minimum Gasteiger partial charge on any atom is -0.481 e. The second-order valence-corrected chi connectivity index (χ2v) is 6.54. The Kier molecular flexibility index (Phi) is 6.58. The summed E-state index contributed by atoms with van der Waals surface area (Å²) in [4.78, 5) is 23.6. The van der Waals surface area contributed by atoms with Crippen molar-refractivity contribution in [2.24, 2.45) is 0 Å². The number of carboxylic acids is 1. The number of hydrogen-bond acceptors (Lipinski definition) is 3. The number of carboxylic acid groups (broad SMARTS) is 1. The number of carbonyl (C=O) groups excluding carboxylic acids is 1. The zero-order valence-electron chi connectivity index (χ0n) is 15.5. The maximum Gasteiger partial charge on any atom is 0.303 e. The molecule has 0 saturated carbocycles. The van der Waals surface area contributed by atoms with Crippen molar-refractivity contribution >= 4 is 17.6 Å². The van der Waals surface area contributed by atoms with Crippen molar-refractivity contribution in [3.05, 3.63) is 90.2 Å². The first-order valence-corrected chi connectivity index (χ1v) is 9.09. The summed E-state index contributed by atoms with van der Waals surface area (Å²) in [5.74, 6) is -0.923. The van der Waals surface area contributed by atoms with Gasteiger partial charge in [0.25, 0.3) is 0 Å².